The SMILES string of the molecule is CCC(C)(C)Cc1ccc(F)cc1C(F)(F)F. The lowest BCUT2D eigenvalue weighted by Crippen LogP contribution is -2.18. The van der Waals surface area contributed by atoms with Crippen LogP contribution >= 0.6 is 0 Å². The van der Waals surface area contributed by atoms with Crippen LogP contribution in [0.25, 0.3) is 0 Å². The van der Waals surface area contributed by atoms with E-state index in [4.69, 9.17) is 0 Å². The van der Waals surface area contributed by atoms with Gasteiger partial charge in [-0.05, 0) is 29.5 Å². The number of hydrogen-bond donors (Lipinski definition) is 0. The molecule has 4 heteroatoms. The Hall–Kier alpha value is -1.06. The smallest absolute Gasteiger partial charge is 0.207 e. The third kappa shape index (κ3) is 3.72. The van der Waals surface area contributed by atoms with Crippen molar-refractivity contribution in [2.75, 3.05) is 0 Å². The van der Waals surface area contributed by atoms with E-state index in [0.717, 1.165) is 12.5 Å². The molecule has 0 saturated carbocycles. The number of rotatable bonds is 3. The highest BCUT2D eigenvalue weighted by Crippen LogP contribution is 2.36. The molecular weight excluding hydrogens is 232 g/mol. The molecule has 0 heterocycles. The van der Waals surface area contributed by atoms with E-state index in [1.54, 1.807) is 0 Å². The molecule has 0 aliphatic heterocycles. The van der Waals surface area contributed by atoms with Gasteiger partial charge in [-0.3, -0.25) is 0 Å². The first-order chi connectivity index (χ1) is 7.65. The molecule has 1 aromatic carbocycles. The van der Waals surface area contributed by atoms with Gasteiger partial charge < -0.3 is 0 Å². The van der Waals surface area contributed by atoms with Crippen molar-refractivity contribution in [1.82, 2.24) is 0 Å². The number of alkyl halides is 3. The number of benzene rings is 1. The Morgan fingerprint density at radius 1 is 1.12 bits per heavy atom. The standard InChI is InChI=1S/C13H16F4/c1-4-12(2,3)8-9-5-6-10(14)7-11(9)13(15,16)17/h5-7H,4,8H2,1-3H3. The lowest BCUT2D eigenvalue weighted by molar-refractivity contribution is -0.138. The summed E-state index contributed by atoms with van der Waals surface area (Å²) in [6.45, 7) is 5.73. The molecule has 96 valence electrons. The van der Waals surface area contributed by atoms with Crippen LogP contribution in [0.2, 0.25) is 0 Å². The zero-order chi connectivity index (χ0) is 13.3. The van der Waals surface area contributed by atoms with E-state index < -0.39 is 17.6 Å². The molecule has 0 N–H and O–H groups in total. The predicted octanol–water partition coefficient (Wildman–Crippen LogP) is 4.82. The highest BCUT2D eigenvalue weighted by atomic mass is 19.4. The van der Waals surface area contributed by atoms with Gasteiger partial charge in [0.2, 0.25) is 0 Å². The maximum absolute atomic E-state index is 12.9. The molecule has 1 aromatic rings. The first kappa shape index (κ1) is 14.0. The van der Waals surface area contributed by atoms with E-state index in [1.807, 2.05) is 20.8 Å². The van der Waals surface area contributed by atoms with Gasteiger partial charge in [0, 0.05) is 0 Å². The second-order valence-electron chi connectivity index (χ2n) is 4.99. The van der Waals surface area contributed by atoms with Gasteiger partial charge in [-0.25, -0.2) is 4.39 Å². The van der Waals surface area contributed by atoms with E-state index in [2.05, 4.69) is 0 Å². The Labute approximate surface area is 98.6 Å². The topological polar surface area (TPSA) is 0 Å². The summed E-state index contributed by atoms with van der Waals surface area (Å²) >= 11 is 0. The zero-order valence-corrected chi connectivity index (χ0v) is 10.2. The molecule has 0 unspecified atom stereocenters. The molecule has 0 fully saturated rings. The van der Waals surface area contributed by atoms with Crippen LogP contribution in [0.15, 0.2) is 18.2 Å². The average Bonchev–Trinajstić information content (AvgIpc) is 2.19. The largest absolute Gasteiger partial charge is 0.416 e. The van der Waals surface area contributed by atoms with E-state index in [-0.39, 0.29) is 11.0 Å². The molecule has 0 aliphatic carbocycles. The van der Waals surface area contributed by atoms with Gasteiger partial charge in [0.15, 0.2) is 0 Å². The van der Waals surface area contributed by atoms with Crippen molar-refractivity contribution >= 4 is 0 Å². The van der Waals surface area contributed by atoms with Crippen molar-refractivity contribution in [3.8, 4) is 0 Å². The molecular formula is C13H16F4. The van der Waals surface area contributed by atoms with Crippen LogP contribution in [-0.2, 0) is 12.6 Å². The fraction of sp³-hybridized carbons (Fsp3) is 0.538. The van der Waals surface area contributed by atoms with Gasteiger partial charge in [-0.15, -0.1) is 0 Å². The minimum atomic E-state index is -4.50. The van der Waals surface area contributed by atoms with E-state index in [1.165, 1.54) is 6.07 Å². The highest BCUT2D eigenvalue weighted by Gasteiger charge is 2.34. The Morgan fingerprint density at radius 2 is 1.71 bits per heavy atom. The summed E-state index contributed by atoms with van der Waals surface area (Å²) in [4.78, 5) is 0. The van der Waals surface area contributed by atoms with Crippen LogP contribution in [0.3, 0.4) is 0 Å². The third-order valence-corrected chi connectivity index (χ3v) is 3.00. The van der Waals surface area contributed by atoms with Gasteiger partial charge in [0.25, 0.3) is 0 Å². The summed E-state index contributed by atoms with van der Waals surface area (Å²) < 4.78 is 51.1. The lowest BCUT2D eigenvalue weighted by Gasteiger charge is -2.24. The van der Waals surface area contributed by atoms with Crippen LogP contribution in [-0.4, -0.2) is 0 Å². The monoisotopic (exact) mass is 248 g/mol. The summed E-state index contributed by atoms with van der Waals surface area (Å²) in [5, 5.41) is 0. The number of hydrogen-bond acceptors (Lipinski definition) is 0. The van der Waals surface area contributed by atoms with Gasteiger partial charge in [0.1, 0.15) is 5.82 Å². The van der Waals surface area contributed by atoms with Gasteiger partial charge in [-0.2, -0.15) is 13.2 Å². The van der Waals surface area contributed by atoms with E-state index >= 15 is 0 Å². The second kappa shape index (κ2) is 4.67. The highest BCUT2D eigenvalue weighted by molar-refractivity contribution is 5.31. The Kier molecular flexibility index (Phi) is 3.84. The van der Waals surface area contributed by atoms with Crippen molar-refractivity contribution in [3.05, 3.63) is 35.1 Å². The molecule has 0 amide bonds. The maximum atomic E-state index is 12.9. The van der Waals surface area contributed by atoms with Gasteiger partial charge in [-0.1, -0.05) is 33.3 Å². The quantitative estimate of drug-likeness (QED) is 0.672. The minimum Gasteiger partial charge on any atom is -0.207 e. The third-order valence-electron chi connectivity index (χ3n) is 3.00. The second-order valence-corrected chi connectivity index (χ2v) is 4.99. The molecule has 0 spiro atoms. The van der Waals surface area contributed by atoms with E-state index in [9.17, 15) is 17.6 Å². The Balaban J connectivity index is 3.16. The van der Waals surface area contributed by atoms with Gasteiger partial charge in [0.05, 0.1) is 5.56 Å². The Morgan fingerprint density at radius 3 is 2.18 bits per heavy atom. The summed E-state index contributed by atoms with van der Waals surface area (Å²) in [6, 6.07) is 2.88. The summed E-state index contributed by atoms with van der Waals surface area (Å²) in [7, 11) is 0. The zero-order valence-electron chi connectivity index (χ0n) is 10.2. The fourth-order valence-corrected chi connectivity index (χ4v) is 1.61. The number of halogens is 4. The summed E-state index contributed by atoms with van der Waals surface area (Å²) in [6.07, 6.45) is -3.44. The Bertz CT molecular complexity index is 391. The molecule has 0 aliphatic rings. The fourth-order valence-electron chi connectivity index (χ4n) is 1.61. The molecule has 0 atom stereocenters. The van der Waals surface area contributed by atoms with Crippen LogP contribution in [0, 0.1) is 11.2 Å². The molecule has 0 bridgehead atoms. The van der Waals surface area contributed by atoms with Crippen molar-refractivity contribution in [1.29, 1.82) is 0 Å². The van der Waals surface area contributed by atoms with Crippen molar-refractivity contribution in [2.45, 2.75) is 39.8 Å². The van der Waals surface area contributed by atoms with Crippen LogP contribution in [0.4, 0.5) is 17.6 Å². The van der Waals surface area contributed by atoms with Crippen LogP contribution in [0.1, 0.15) is 38.3 Å². The van der Waals surface area contributed by atoms with Crippen molar-refractivity contribution in [2.24, 2.45) is 5.41 Å². The first-order valence-electron chi connectivity index (χ1n) is 5.51. The molecule has 17 heavy (non-hydrogen) atoms. The van der Waals surface area contributed by atoms with Crippen LogP contribution < -0.4 is 0 Å². The summed E-state index contributed by atoms with van der Waals surface area (Å²) in [5.41, 5.74) is -0.928. The molecule has 0 radical (unpaired) electrons. The van der Waals surface area contributed by atoms with Crippen LogP contribution in [0.5, 0.6) is 0 Å². The average molecular weight is 248 g/mol. The lowest BCUT2D eigenvalue weighted by atomic mass is 9.82. The van der Waals surface area contributed by atoms with Crippen molar-refractivity contribution < 1.29 is 17.6 Å². The molecule has 0 aromatic heterocycles. The normalized spacial score (nSPS) is 12.9. The summed E-state index contributed by atoms with van der Waals surface area (Å²) in [5.74, 6) is -0.852. The molecule has 0 saturated heterocycles. The molecule has 1 rings (SSSR count). The molecule has 0 nitrogen and oxygen atoms in total. The first-order valence-corrected chi connectivity index (χ1v) is 5.51. The van der Waals surface area contributed by atoms with Crippen molar-refractivity contribution in [3.63, 3.8) is 0 Å². The predicted molar refractivity (Wildman–Crippen MR) is 59.2 cm³/mol. The maximum Gasteiger partial charge on any atom is 0.416 e. The van der Waals surface area contributed by atoms with E-state index in [0.29, 0.717) is 12.5 Å². The minimum absolute atomic E-state index is 0.158. The van der Waals surface area contributed by atoms with Gasteiger partial charge >= 0.3 is 6.18 Å².